The summed E-state index contributed by atoms with van der Waals surface area (Å²) in [6, 6.07) is 5.14. The zero-order chi connectivity index (χ0) is 17.7. The van der Waals surface area contributed by atoms with Gasteiger partial charge in [-0.15, -0.1) is 0 Å². The molecule has 10 nitrogen and oxygen atoms in total. The van der Waals surface area contributed by atoms with Crippen LogP contribution in [-0.4, -0.2) is 27.9 Å². The van der Waals surface area contributed by atoms with Gasteiger partial charge in [0.1, 0.15) is 5.69 Å². The number of carbonyl (C=O) groups excluding carboxylic acids is 1. The highest BCUT2D eigenvalue weighted by atomic mass is 16.6. The molecule has 0 saturated heterocycles. The Morgan fingerprint density at radius 2 is 2.04 bits per heavy atom. The van der Waals surface area contributed by atoms with Crippen molar-refractivity contribution in [3.8, 4) is 0 Å². The SMILES string of the molecule is COC(=O)c1cc([N+](=O)[O-])cc([N+](=O)[O-])c1NCc1cccnc1. The Kier molecular flexibility index (Phi) is 5.00. The lowest BCUT2D eigenvalue weighted by Gasteiger charge is -2.11. The van der Waals surface area contributed by atoms with Crippen LogP contribution in [0.1, 0.15) is 15.9 Å². The van der Waals surface area contributed by atoms with Crippen molar-refractivity contribution in [2.24, 2.45) is 0 Å². The Morgan fingerprint density at radius 3 is 2.58 bits per heavy atom. The molecule has 1 N–H and O–H groups in total. The molecule has 124 valence electrons. The number of hydrogen-bond donors (Lipinski definition) is 1. The van der Waals surface area contributed by atoms with Crippen LogP contribution in [0.15, 0.2) is 36.7 Å². The van der Waals surface area contributed by atoms with Crippen LogP contribution in [0.4, 0.5) is 17.1 Å². The molecule has 0 aliphatic heterocycles. The standard InChI is InChI=1S/C14H12N4O6/c1-24-14(19)11-5-10(17(20)21)6-12(18(22)23)13(11)16-8-9-3-2-4-15-7-9/h2-7,16H,8H2,1H3. The van der Waals surface area contributed by atoms with Gasteiger partial charge in [0.2, 0.25) is 0 Å². The number of nitrogens with zero attached hydrogens (tertiary/aromatic N) is 3. The third-order valence-electron chi connectivity index (χ3n) is 3.11. The van der Waals surface area contributed by atoms with Crippen LogP contribution in [0.5, 0.6) is 0 Å². The summed E-state index contributed by atoms with van der Waals surface area (Å²) < 4.78 is 4.56. The van der Waals surface area contributed by atoms with Gasteiger partial charge in [-0.3, -0.25) is 25.2 Å². The van der Waals surface area contributed by atoms with Crippen LogP contribution in [0.2, 0.25) is 0 Å². The lowest BCUT2D eigenvalue weighted by molar-refractivity contribution is -0.393. The van der Waals surface area contributed by atoms with Gasteiger partial charge >= 0.3 is 5.97 Å². The molecular weight excluding hydrogens is 320 g/mol. The number of hydrogen-bond acceptors (Lipinski definition) is 8. The van der Waals surface area contributed by atoms with E-state index in [0.717, 1.165) is 19.2 Å². The average Bonchev–Trinajstić information content (AvgIpc) is 2.59. The highest BCUT2D eigenvalue weighted by molar-refractivity contribution is 5.99. The molecule has 0 atom stereocenters. The number of nitro benzene ring substituents is 2. The number of anilines is 1. The molecular formula is C14H12N4O6. The minimum Gasteiger partial charge on any atom is -0.465 e. The summed E-state index contributed by atoms with van der Waals surface area (Å²) in [5.41, 5.74) is -0.896. The van der Waals surface area contributed by atoms with Crippen molar-refractivity contribution in [1.29, 1.82) is 0 Å². The summed E-state index contributed by atoms with van der Waals surface area (Å²) >= 11 is 0. The molecule has 10 heteroatoms. The van der Waals surface area contributed by atoms with Crippen LogP contribution in [0.3, 0.4) is 0 Å². The predicted octanol–water partition coefficient (Wildman–Crippen LogP) is 2.30. The quantitative estimate of drug-likeness (QED) is 0.483. The number of benzene rings is 1. The maximum absolute atomic E-state index is 11.9. The average molecular weight is 332 g/mol. The van der Waals surface area contributed by atoms with E-state index in [2.05, 4.69) is 15.0 Å². The summed E-state index contributed by atoms with van der Waals surface area (Å²) in [6.45, 7) is 0.135. The zero-order valence-corrected chi connectivity index (χ0v) is 12.5. The summed E-state index contributed by atoms with van der Waals surface area (Å²) in [6.07, 6.45) is 3.11. The molecule has 0 saturated carbocycles. The number of aromatic nitrogens is 1. The fraction of sp³-hybridized carbons (Fsp3) is 0.143. The van der Waals surface area contributed by atoms with Gasteiger partial charge in [-0.1, -0.05) is 6.07 Å². The maximum atomic E-state index is 11.9. The largest absolute Gasteiger partial charge is 0.465 e. The molecule has 0 unspecified atom stereocenters. The molecule has 1 heterocycles. The van der Waals surface area contributed by atoms with E-state index in [1.54, 1.807) is 24.5 Å². The van der Waals surface area contributed by atoms with Crippen LogP contribution in [-0.2, 0) is 11.3 Å². The van der Waals surface area contributed by atoms with E-state index in [1.165, 1.54) is 0 Å². The van der Waals surface area contributed by atoms with Gasteiger partial charge in [-0.25, -0.2) is 4.79 Å². The smallest absolute Gasteiger partial charge is 0.340 e. The third kappa shape index (κ3) is 3.61. The number of rotatable bonds is 6. The second kappa shape index (κ2) is 7.13. The van der Waals surface area contributed by atoms with Crippen molar-refractivity contribution in [2.75, 3.05) is 12.4 Å². The fourth-order valence-corrected chi connectivity index (χ4v) is 2.01. The topological polar surface area (TPSA) is 138 Å². The van der Waals surface area contributed by atoms with E-state index in [-0.39, 0.29) is 17.8 Å². The summed E-state index contributed by atoms with van der Waals surface area (Å²) in [5, 5.41) is 24.9. The Morgan fingerprint density at radius 1 is 1.29 bits per heavy atom. The van der Waals surface area contributed by atoms with Gasteiger partial charge in [-0.05, 0) is 11.6 Å². The van der Waals surface area contributed by atoms with Crippen LogP contribution < -0.4 is 5.32 Å². The third-order valence-corrected chi connectivity index (χ3v) is 3.11. The maximum Gasteiger partial charge on any atom is 0.340 e. The first kappa shape index (κ1) is 16.8. The van der Waals surface area contributed by atoms with Gasteiger partial charge in [0.05, 0.1) is 28.6 Å². The molecule has 24 heavy (non-hydrogen) atoms. The van der Waals surface area contributed by atoms with Crippen LogP contribution in [0.25, 0.3) is 0 Å². The second-order valence-electron chi connectivity index (χ2n) is 4.61. The van der Waals surface area contributed by atoms with Crippen LogP contribution >= 0.6 is 0 Å². The molecule has 1 aromatic carbocycles. The van der Waals surface area contributed by atoms with E-state index in [9.17, 15) is 25.0 Å². The summed E-state index contributed by atoms with van der Waals surface area (Å²) in [7, 11) is 1.08. The van der Waals surface area contributed by atoms with Gasteiger partial charge in [0, 0.05) is 25.0 Å². The van der Waals surface area contributed by atoms with Crippen molar-refractivity contribution in [2.45, 2.75) is 6.54 Å². The second-order valence-corrected chi connectivity index (χ2v) is 4.61. The Bertz CT molecular complexity index is 793. The number of ether oxygens (including phenoxy) is 1. The normalized spacial score (nSPS) is 10.0. The fourth-order valence-electron chi connectivity index (χ4n) is 2.01. The highest BCUT2D eigenvalue weighted by Gasteiger charge is 2.27. The van der Waals surface area contributed by atoms with E-state index < -0.39 is 27.2 Å². The summed E-state index contributed by atoms with van der Waals surface area (Å²) in [4.78, 5) is 36.4. The number of pyridine rings is 1. The zero-order valence-electron chi connectivity index (χ0n) is 12.5. The molecule has 2 aromatic rings. The van der Waals surface area contributed by atoms with Gasteiger partial charge in [-0.2, -0.15) is 0 Å². The van der Waals surface area contributed by atoms with Crippen LogP contribution in [0, 0.1) is 20.2 Å². The first-order chi connectivity index (χ1) is 11.4. The molecule has 0 spiro atoms. The lowest BCUT2D eigenvalue weighted by Crippen LogP contribution is -2.11. The molecule has 0 aliphatic rings. The Labute approximate surface area is 135 Å². The highest BCUT2D eigenvalue weighted by Crippen LogP contribution is 2.34. The number of esters is 1. The summed E-state index contributed by atoms with van der Waals surface area (Å²) in [5.74, 6) is -0.921. The van der Waals surface area contributed by atoms with Gasteiger partial charge < -0.3 is 10.1 Å². The molecule has 0 bridgehead atoms. The minimum absolute atomic E-state index is 0.135. The van der Waals surface area contributed by atoms with Crippen molar-refractivity contribution >= 4 is 23.0 Å². The molecule has 0 amide bonds. The number of nitrogens with one attached hydrogen (secondary N) is 1. The number of carbonyl (C=O) groups is 1. The molecule has 1 aromatic heterocycles. The van der Waals surface area contributed by atoms with E-state index >= 15 is 0 Å². The monoisotopic (exact) mass is 332 g/mol. The van der Waals surface area contributed by atoms with Crippen molar-refractivity contribution in [1.82, 2.24) is 4.98 Å². The van der Waals surface area contributed by atoms with E-state index in [4.69, 9.17) is 0 Å². The molecule has 0 fully saturated rings. The minimum atomic E-state index is -0.921. The number of methoxy groups -OCH3 is 1. The number of non-ortho nitro benzene ring substituents is 1. The first-order valence-corrected chi connectivity index (χ1v) is 6.62. The molecule has 0 aliphatic carbocycles. The van der Waals surface area contributed by atoms with Crippen molar-refractivity contribution in [3.05, 3.63) is 68.0 Å². The Hall–Kier alpha value is -3.56. The predicted molar refractivity (Wildman–Crippen MR) is 82.7 cm³/mol. The lowest BCUT2D eigenvalue weighted by atomic mass is 10.1. The van der Waals surface area contributed by atoms with E-state index in [1.807, 2.05) is 0 Å². The van der Waals surface area contributed by atoms with Crippen molar-refractivity contribution in [3.63, 3.8) is 0 Å². The van der Waals surface area contributed by atoms with Gasteiger partial charge in [0.25, 0.3) is 11.4 Å². The van der Waals surface area contributed by atoms with Gasteiger partial charge in [0.15, 0.2) is 0 Å². The van der Waals surface area contributed by atoms with E-state index in [0.29, 0.717) is 5.56 Å². The number of nitro groups is 2. The molecule has 2 rings (SSSR count). The Balaban J connectivity index is 2.51. The first-order valence-electron chi connectivity index (χ1n) is 6.62. The van der Waals surface area contributed by atoms with Crippen molar-refractivity contribution < 1.29 is 19.4 Å². The molecule has 0 radical (unpaired) electrons.